The van der Waals surface area contributed by atoms with Crippen LogP contribution in [0.1, 0.15) is 42.9 Å². The fourth-order valence-electron chi connectivity index (χ4n) is 4.48. The van der Waals surface area contributed by atoms with Gasteiger partial charge in [0.15, 0.2) is 0 Å². The zero-order valence-corrected chi connectivity index (χ0v) is 20.3. The zero-order valence-electron chi connectivity index (χ0n) is 20.3. The van der Waals surface area contributed by atoms with E-state index in [0.717, 1.165) is 41.2 Å². The maximum Gasteiger partial charge on any atom is 0.224 e. The summed E-state index contributed by atoms with van der Waals surface area (Å²) in [5.41, 5.74) is 6.96. The molecule has 6 heteroatoms. The highest BCUT2D eigenvalue weighted by Gasteiger charge is 2.22. The first-order valence-corrected chi connectivity index (χ1v) is 11.6. The maximum atomic E-state index is 13.0. The Morgan fingerprint density at radius 2 is 1.82 bits per heavy atom. The van der Waals surface area contributed by atoms with E-state index < -0.39 is 0 Å². The Morgan fingerprint density at radius 1 is 1.06 bits per heavy atom. The molecule has 0 bridgehead atoms. The van der Waals surface area contributed by atoms with E-state index >= 15 is 0 Å². The highest BCUT2D eigenvalue weighted by atomic mass is 16.5. The average Bonchev–Trinajstić information content (AvgIpc) is 3.16. The summed E-state index contributed by atoms with van der Waals surface area (Å²) in [6, 6.07) is 12.9. The molecule has 2 aromatic carbocycles. The van der Waals surface area contributed by atoms with Gasteiger partial charge in [0.1, 0.15) is 5.75 Å². The van der Waals surface area contributed by atoms with Gasteiger partial charge in [0.25, 0.3) is 0 Å². The summed E-state index contributed by atoms with van der Waals surface area (Å²) in [6.07, 6.45) is 4.42. The third-order valence-corrected chi connectivity index (χ3v) is 6.53. The van der Waals surface area contributed by atoms with Crippen LogP contribution in [0.25, 0.3) is 11.1 Å². The van der Waals surface area contributed by atoms with Crippen molar-refractivity contribution < 1.29 is 9.53 Å². The van der Waals surface area contributed by atoms with Crippen molar-refractivity contribution >= 4 is 11.6 Å². The Labute approximate surface area is 196 Å². The van der Waals surface area contributed by atoms with Crippen LogP contribution in [0.4, 0.5) is 5.69 Å². The molecule has 0 saturated carbocycles. The van der Waals surface area contributed by atoms with Gasteiger partial charge in [0.2, 0.25) is 5.91 Å². The number of aromatic nitrogens is 2. The Morgan fingerprint density at radius 3 is 2.45 bits per heavy atom. The molecule has 0 unspecified atom stereocenters. The van der Waals surface area contributed by atoms with Gasteiger partial charge in [0.05, 0.1) is 13.3 Å². The lowest BCUT2D eigenvalue weighted by Crippen LogP contribution is -2.33. The second-order valence-corrected chi connectivity index (χ2v) is 9.18. The van der Waals surface area contributed by atoms with Crippen LogP contribution in [0.3, 0.4) is 0 Å². The Hall–Kier alpha value is -3.28. The third-order valence-electron chi connectivity index (χ3n) is 6.53. The number of carbonyl (C=O) groups is 1. The van der Waals surface area contributed by atoms with Crippen LogP contribution in [0.2, 0.25) is 0 Å². The number of carbonyl (C=O) groups excluding carboxylic acids is 1. The Balaban J connectivity index is 1.47. The van der Waals surface area contributed by atoms with E-state index in [4.69, 9.17) is 4.74 Å². The molecule has 0 aliphatic carbocycles. The van der Waals surface area contributed by atoms with Crippen molar-refractivity contribution in [3.63, 3.8) is 0 Å². The predicted octanol–water partition coefficient (Wildman–Crippen LogP) is 4.77. The molecule has 3 aromatic rings. The van der Waals surface area contributed by atoms with Gasteiger partial charge in [-0.15, -0.1) is 0 Å². The average molecular weight is 447 g/mol. The number of benzene rings is 2. The first kappa shape index (κ1) is 22.9. The summed E-state index contributed by atoms with van der Waals surface area (Å²) in [5.74, 6) is 1.50. The lowest BCUT2D eigenvalue weighted by Gasteiger charge is -2.25. The summed E-state index contributed by atoms with van der Waals surface area (Å²) in [5, 5.41) is 4.26. The number of hydrogen-bond acceptors (Lipinski definition) is 4. The van der Waals surface area contributed by atoms with Crippen molar-refractivity contribution in [1.29, 1.82) is 0 Å². The van der Waals surface area contributed by atoms with Crippen LogP contribution < -0.4 is 9.64 Å². The van der Waals surface area contributed by atoms with E-state index in [1.807, 2.05) is 29.0 Å². The van der Waals surface area contributed by atoms with Gasteiger partial charge in [0, 0.05) is 57.1 Å². The van der Waals surface area contributed by atoms with E-state index in [-0.39, 0.29) is 5.91 Å². The van der Waals surface area contributed by atoms with Crippen molar-refractivity contribution in [1.82, 2.24) is 14.7 Å². The maximum absolute atomic E-state index is 13.0. The molecule has 0 radical (unpaired) electrons. The van der Waals surface area contributed by atoms with E-state index in [0.29, 0.717) is 25.4 Å². The first-order chi connectivity index (χ1) is 15.9. The van der Waals surface area contributed by atoms with E-state index in [9.17, 15) is 4.79 Å². The minimum Gasteiger partial charge on any atom is -0.496 e. The number of methoxy groups -OCH3 is 1. The smallest absolute Gasteiger partial charge is 0.224 e. The van der Waals surface area contributed by atoms with Crippen molar-refractivity contribution in [2.75, 3.05) is 31.6 Å². The molecule has 0 spiro atoms. The highest BCUT2D eigenvalue weighted by Crippen LogP contribution is 2.31. The molecule has 1 amide bonds. The molecule has 1 aliphatic rings. The van der Waals surface area contributed by atoms with Gasteiger partial charge in [-0.05, 0) is 59.4 Å². The van der Waals surface area contributed by atoms with Gasteiger partial charge in [-0.25, -0.2) is 0 Å². The summed E-state index contributed by atoms with van der Waals surface area (Å²) in [7, 11) is 3.64. The molecule has 33 heavy (non-hydrogen) atoms. The van der Waals surface area contributed by atoms with Crippen LogP contribution in [-0.2, 0) is 18.4 Å². The predicted molar refractivity (Wildman–Crippen MR) is 133 cm³/mol. The fraction of sp³-hybridized carbons (Fsp3) is 0.407. The van der Waals surface area contributed by atoms with Gasteiger partial charge in [-0.2, -0.15) is 5.10 Å². The summed E-state index contributed by atoms with van der Waals surface area (Å²) >= 11 is 0. The molecule has 1 fully saturated rings. The number of ether oxygens (including phenoxy) is 1. The largest absolute Gasteiger partial charge is 0.496 e. The molecule has 0 N–H and O–H groups in total. The lowest BCUT2D eigenvalue weighted by atomic mass is 9.96. The minimum absolute atomic E-state index is 0.214. The molecular weight excluding hydrogens is 412 g/mol. The zero-order chi connectivity index (χ0) is 23.5. The SMILES string of the molecule is COc1cc(C)c(CN2CCN(c3ccc(-c4cnn(C)c4)cc3)CCC2=O)cc1C(C)C. The highest BCUT2D eigenvalue weighted by molar-refractivity contribution is 5.77. The number of aryl methyl sites for hydroxylation is 2. The van der Waals surface area contributed by atoms with Gasteiger partial charge < -0.3 is 14.5 Å². The Kier molecular flexibility index (Phi) is 6.72. The molecule has 2 heterocycles. The van der Waals surface area contributed by atoms with Crippen molar-refractivity contribution in [2.45, 2.75) is 39.7 Å². The fourth-order valence-corrected chi connectivity index (χ4v) is 4.48. The second kappa shape index (κ2) is 9.69. The van der Waals surface area contributed by atoms with Crippen molar-refractivity contribution in [3.05, 3.63) is 65.5 Å². The number of rotatable bonds is 6. The van der Waals surface area contributed by atoms with Crippen molar-refractivity contribution in [3.8, 4) is 16.9 Å². The topological polar surface area (TPSA) is 50.6 Å². The van der Waals surface area contributed by atoms with Crippen LogP contribution in [0.5, 0.6) is 5.75 Å². The summed E-state index contributed by atoms with van der Waals surface area (Å²) in [4.78, 5) is 17.3. The minimum atomic E-state index is 0.214. The summed E-state index contributed by atoms with van der Waals surface area (Å²) in [6.45, 7) is 9.36. The number of anilines is 1. The van der Waals surface area contributed by atoms with E-state index in [1.165, 1.54) is 11.1 Å². The molecule has 4 rings (SSSR count). The van der Waals surface area contributed by atoms with Crippen LogP contribution in [0.15, 0.2) is 48.8 Å². The quantitative estimate of drug-likeness (QED) is 0.548. The second-order valence-electron chi connectivity index (χ2n) is 9.18. The van der Waals surface area contributed by atoms with Gasteiger partial charge >= 0.3 is 0 Å². The number of nitrogens with zero attached hydrogens (tertiary/aromatic N) is 4. The molecule has 0 atom stereocenters. The van der Waals surface area contributed by atoms with Crippen LogP contribution in [0, 0.1) is 6.92 Å². The van der Waals surface area contributed by atoms with Crippen LogP contribution >= 0.6 is 0 Å². The third kappa shape index (κ3) is 5.05. The molecule has 174 valence electrons. The summed E-state index contributed by atoms with van der Waals surface area (Å²) < 4.78 is 7.39. The van der Waals surface area contributed by atoms with E-state index in [2.05, 4.69) is 67.2 Å². The standard InChI is InChI=1S/C27H34N4O2/c1-19(2)25-15-22(20(3)14-26(25)33-5)18-31-13-12-30(11-10-27(31)32)24-8-6-21(7-9-24)23-16-28-29(4)17-23/h6-9,14-17,19H,10-13,18H2,1-5H3. The molecule has 1 aliphatic heterocycles. The molecule has 1 aromatic heterocycles. The monoisotopic (exact) mass is 446 g/mol. The Bertz CT molecular complexity index is 1120. The first-order valence-electron chi connectivity index (χ1n) is 11.6. The van der Waals surface area contributed by atoms with E-state index in [1.54, 1.807) is 7.11 Å². The molecular formula is C27H34N4O2. The van der Waals surface area contributed by atoms with Crippen molar-refractivity contribution in [2.24, 2.45) is 7.05 Å². The molecule has 1 saturated heterocycles. The van der Waals surface area contributed by atoms with Gasteiger partial charge in [-0.3, -0.25) is 9.48 Å². The normalized spacial score (nSPS) is 14.7. The van der Waals surface area contributed by atoms with Crippen LogP contribution in [-0.4, -0.2) is 47.3 Å². The molecule has 6 nitrogen and oxygen atoms in total. The number of amides is 1. The lowest BCUT2D eigenvalue weighted by molar-refractivity contribution is -0.130. The number of hydrogen-bond donors (Lipinski definition) is 0. The van der Waals surface area contributed by atoms with Gasteiger partial charge in [-0.1, -0.05) is 26.0 Å².